The lowest BCUT2D eigenvalue weighted by atomic mass is 9.97. The molecule has 1 unspecified atom stereocenters. The fourth-order valence-corrected chi connectivity index (χ4v) is 5.08. The number of rotatable bonds is 6. The summed E-state index contributed by atoms with van der Waals surface area (Å²) < 4.78 is 46.4. The van der Waals surface area contributed by atoms with Crippen molar-refractivity contribution in [1.29, 1.82) is 0 Å². The van der Waals surface area contributed by atoms with Crippen molar-refractivity contribution in [3.8, 4) is 11.5 Å². The Bertz CT molecular complexity index is 1310. The molecule has 6 nitrogen and oxygen atoms in total. The van der Waals surface area contributed by atoms with Gasteiger partial charge < -0.3 is 14.2 Å². The number of amides is 1. The maximum absolute atomic E-state index is 15.1. The molecule has 10 heteroatoms. The second-order valence-corrected chi connectivity index (χ2v) is 9.46. The first-order chi connectivity index (χ1) is 17.3. The third-order valence-electron chi connectivity index (χ3n) is 6.28. The van der Waals surface area contributed by atoms with E-state index in [4.69, 9.17) is 37.4 Å². The van der Waals surface area contributed by atoms with Gasteiger partial charge in [0.15, 0.2) is 11.5 Å². The zero-order valence-electron chi connectivity index (χ0n) is 19.2. The summed E-state index contributed by atoms with van der Waals surface area (Å²) in [7, 11) is 1.59. The lowest BCUT2D eigenvalue weighted by molar-refractivity contribution is -0.0459. The maximum atomic E-state index is 15.1. The van der Waals surface area contributed by atoms with Gasteiger partial charge in [-0.05, 0) is 61.4 Å². The van der Waals surface area contributed by atoms with Crippen molar-refractivity contribution in [3.63, 3.8) is 0 Å². The summed E-state index contributed by atoms with van der Waals surface area (Å²) in [5.74, 6) is -3.31. The Hall–Kier alpha value is -2.91. The minimum Gasteiger partial charge on any atom is -0.440 e. The summed E-state index contributed by atoms with van der Waals surface area (Å²) in [5, 5.41) is 2.38. The molecule has 1 saturated heterocycles. The summed E-state index contributed by atoms with van der Waals surface area (Å²) in [5.41, 5.74) is 3.35. The molecule has 5 rings (SSSR count). The highest BCUT2D eigenvalue weighted by molar-refractivity contribution is 6.35. The Balaban J connectivity index is 1.51. The SMILES string of the molecule is COC[C@@H]1CCCN1NC(=O)c1cc2c(cc1F)OC(c1ccc(F)cc1)(c1ccc(Cl)cc1Cl)O2. The molecule has 2 aliphatic rings. The first-order valence-corrected chi connectivity index (χ1v) is 12.1. The van der Waals surface area contributed by atoms with E-state index in [0.29, 0.717) is 29.3 Å². The minimum atomic E-state index is -1.66. The molecule has 2 aliphatic heterocycles. The molecule has 36 heavy (non-hydrogen) atoms. The quantitative estimate of drug-likeness (QED) is 0.439. The van der Waals surface area contributed by atoms with Crippen molar-refractivity contribution in [3.05, 3.63) is 93.0 Å². The van der Waals surface area contributed by atoms with Crippen LogP contribution < -0.4 is 14.9 Å². The van der Waals surface area contributed by atoms with Crippen LogP contribution in [0.1, 0.15) is 34.3 Å². The van der Waals surface area contributed by atoms with Gasteiger partial charge in [0.2, 0.25) is 0 Å². The minimum absolute atomic E-state index is 0.00851. The summed E-state index contributed by atoms with van der Waals surface area (Å²) in [4.78, 5) is 13.0. The highest BCUT2D eigenvalue weighted by atomic mass is 35.5. The summed E-state index contributed by atoms with van der Waals surface area (Å²) in [6.45, 7) is 1.08. The van der Waals surface area contributed by atoms with E-state index in [-0.39, 0.29) is 28.1 Å². The molecule has 1 N–H and O–H groups in total. The van der Waals surface area contributed by atoms with Gasteiger partial charge in [0.25, 0.3) is 5.91 Å². The predicted molar refractivity (Wildman–Crippen MR) is 130 cm³/mol. The van der Waals surface area contributed by atoms with Gasteiger partial charge in [-0.1, -0.05) is 23.2 Å². The second-order valence-electron chi connectivity index (χ2n) is 8.62. The van der Waals surface area contributed by atoms with E-state index in [9.17, 15) is 9.18 Å². The average Bonchev–Trinajstić information content (AvgIpc) is 3.43. The van der Waals surface area contributed by atoms with Gasteiger partial charge in [0.05, 0.1) is 28.8 Å². The van der Waals surface area contributed by atoms with Crippen LogP contribution in [0.4, 0.5) is 8.78 Å². The van der Waals surface area contributed by atoms with Crippen LogP contribution in [0.5, 0.6) is 11.5 Å². The van der Waals surface area contributed by atoms with Gasteiger partial charge in [0, 0.05) is 30.3 Å². The molecular formula is C26H22Cl2F2N2O4. The lowest BCUT2D eigenvalue weighted by Gasteiger charge is -2.29. The first kappa shape index (κ1) is 24.8. The number of nitrogens with zero attached hydrogens (tertiary/aromatic N) is 1. The number of methoxy groups -OCH3 is 1. The van der Waals surface area contributed by atoms with Gasteiger partial charge >= 0.3 is 5.79 Å². The molecule has 0 aliphatic carbocycles. The number of halogens is 4. The van der Waals surface area contributed by atoms with E-state index in [1.165, 1.54) is 36.4 Å². The predicted octanol–water partition coefficient (Wildman–Crippen LogP) is 5.70. The first-order valence-electron chi connectivity index (χ1n) is 11.3. The lowest BCUT2D eigenvalue weighted by Crippen LogP contribution is -2.46. The van der Waals surface area contributed by atoms with Crippen molar-refractivity contribution in [2.24, 2.45) is 0 Å². The Morgan fingerprint density at radius 2 is 1.83 bits per heavy atom. The monoisotopic (exact) mass is 534 g/mol. The van der Waals surface area contributed by atoms with Gasteiger partial charge in [0.1, 0.15) is 11.6 Å². The number of hydrogen-bond acceptors (Lipinski definition) is 5. The molecular weight excluding hydrogens is 513 g/mol. The van der Waals surface area contributed by atoms with E-state index in [2.05, 4.69) is 5.43 Å². The fraction of sp³-hybridized carbons (Fsp3) is 0.269. The van der Waals surface area contributed by atoms with Crippen LogP contribution >= 0.6 is 23.2 Å². The Morgan fingerprint density at radius 1 is 1.11 bits per heavy atom. The van der Waals surface area contributed by atoms with Crippen LogP contribution in [0.2, 0.25) is 10.0 Å². The fourth-order valence-electron chi connectivity index (χ4n) is 4.55. The zero-order chi connectivity index (χ0) is 25.4. The summed E-state index contributed by atoms with van der Waals surface area (Å²) in [6.07, 6.45) is 1.75. The van der Waals surface area contributed by atoms with E-state index >= 15 is 4.39 Å². The molecule has 2 atom stereocenters. The Morgan fingerprint density at radius 3 is 2.53 bits per heavy atom. The van der Waals surface area contributed by atoms with Crippen LogP contribution in [0.3, 0.4) is 0 Å². The number of ether oxygens (including phenoxy) is 3. The van der Waals surface area contributed by atoms with E-state index < -0.39 is 23.3 Å². The Labute approximate surface area is 216 Å². The molecule has 1 amide bonds. The van der Waals surface area contributed by atoms with Gasteiger partial charge in [-0.2, -0.15) is 0 Å². The molecule has 0 aromatic heterocycles. The molecule has 0 saturated carbocycles. The standard InChI is InChI=1S/C26H22Cl2F2N2O4/c1-34-14-18-3-2-10-32(18)31-25(33)19-12-23-24(13-22(19)30)36-26(35-23,15-4-7-17(29)8-5-15)20-9-6-16(27)11-21(20)28/h4-9,11-13,18H,2-3,10,14H2,1H3,(H,31,33)/t18-,26?/m0/s1. The van der Waals surface area contributed by atoms with Crippen molar-refractivity contribution >= 4 is 29.1 Å². The van der Waals surface area contributed by atoms with Gasteiger partial charge in [-0.15, -0.1) is 0 Å². The number of fused-ring (bicyclic) bond motifs is 1. The molecule has 1 fully saturated rings. The maximum Gasteiger partial charge on any atom is 0.307 e. The van der Waals surface area contributed by atoms with Crippen LogP contribution in [0.15, 0.2) is 54.6 Å². The third-order valence-corrected chi connectivity index (χ3v) is 6.82. The number of carbonyl (C=O) groups is 1. The molecule has 0 spiro atoms. The topological polar surface area (TPSA) is 60.0 Å². The third kappa shape index (κ3) is 4.50. The van der Waals surface area contributed by atoms with Crippen molar-refractivity contribution < 1.29 is 27.8 Å². The highest BCUT2D eigenvalue weighted by Gasteiger charge is 2.47. The summed E-state index contributed by atoms with van der Waals surface area (Å²) >= 11 is 12.6. The highest BCUT2D eigenvalue weighted by Crippen LogP contribution is 2.50. The van der Waals surface area contributed by atoms with Gasteiger partial charge in [-0.3, -0.25) is 10.2 Å². The number of nitrogens with one attached hydrogen (secondary N) is 1. The summed E-state index contributed by atoms with van der Waals surface area (Å²) in [6, 6.07) is 12.6. The van der Waals surface area contributed by atoms with E-state index in [0.717, 1.165) is 18.9 Å². The number of benzene rings is 3. The van der Waals surface area contributed by atoms with E-state index in [1.54, 1.807) is 24.3 Å². The van der Waals surface area contributed by atoms with Crippen LogP contribution in [-0.2, 0) is 10.5 Å². The largest absolute Gasteiger partial charge is 0.440 e. The smallest absolute Gasteiger partial charge is 0.307 e. The molecule has 188 valence electrons. The van der Waals surface area contributed by atoms with Crippen molar-refractivity contribution in [2.45, 2.75) is 24.7 Å². The molecule has 3 aromatic rings. The number of hydrazine groups is 1. The molecule has 2 heterocycles. The van der Waals surface area contributed by atoms with Crippen molar-refractivity contribution in [2.75, 3.05) is 20.3 Å². The molecule has 0 bridgehead atoms. The zero-order valence-corrected chi connectivity index (χ0v) is 20.7. The second kappa shape index (κ2) is 9.86. The van der Waals surface area contributed by atoms with Crippen LogP contribution in [0.25, 0.3) is 0 Å². The van der Waals surface area contributed by atoms with Gasteiger partial charge in [-0.25, -0.2) is 13.8 Å². The molecule has 0 radical (unpaired) electrons. The number of hydrogen-bond donors (Lipinski definition) is 1. The van der Waals surface area contributed by atoms with Crippen molar-refractivity contribution in [1.82, 2.24) is 10.4 Å². The van der Waals surface area contributed by atoms with E-state index in [1.807, 2.05) is 0 Å². The van der Waals surface area contributed by atoms with Crippen LogP contribution in [0, 0.1) is 11.6 Å². The molecule has 3 aromatic carbocycles. The normalized spacial score (nSPS) is 21.1. The number of carbonyl (C=O) groups excluding carboxylic acids is 1. The Kier molecular flexibility index (Phi) is 6.78. The average molecular weight is 535 g/mol. The van der Waals surface area contributed by atoms with Crippen LogP contribution in [-0.4, -0.2) is 37.2 Å².